The standard InChI is InChI=1S/C19H20N4O2/c1-13-17(16-5-3-4-6-18(16)22-13)11-21-23-19(24)12-20-14-7-9-15(25-2)10-8-14/h3-11,20,22H,12H2,1-2H3,(H,23,24). The molecule has 1 heterocycles. The Bertz CT molecular complexity index is 897. The summed E-state index contributed by atoms with van der Waals surface area (Å²) in [6, 6.07) is 15.4. The number of rotatable bonds is 6. The molecule has 2 aromatic carbocycles. The summed E-state index contributed by atoms with van der Waals surface area (Å²) in [4.78, 5) is 15.2. The number of methoxy groups -OCH3 is 1. The van der Waals surface area contributed by atoms with E-state index in [1.165, 1.54) is 0 Å². The summed E-state index contributed by atoms with van der Waals surface area (Å²) in [5.74, 6) is 0.554. The number of nitrogens with one attached hydrogen (secondary N) is 3. The summed E-state index contributed by atoms with van der Waals surface area (Å²) in [6.07, 6.45) is 1.67. The van der Waals surface area contributed by atoms with Gasteiger partial charge in [-0.25, -0.2) is 5.43 Å². The molecule has 0 aliphatic rings. The number of aryl methyl sites for hydroxylation is 1. The van der Waals surface area contributed by atoms with Gasteiger partial charge in [-0.15, -0.1) is 0 Å². The number of aromatic amines is 1. The van der Waals surface area contributed by atoms with Crippen molar-refractivity contribution in [3.63, 3.8) is 0 Å². The first-order valence-electron chi connectivity index (χ1n) is 7.94. The monoisotopic (exact) mass is 336 g/mol. The number of carbonyl (C=O) groups is 1. The van der Waals surface area contributed by atoms with E-state index in [2.05, 4.69) is 20.8 Å². The molecule has 6 nitrogen and oxygen atoms in total. The van der Waals surface area contributed by atoms with Gasteiger partial charge < -0.3 is 15.0 Å². The zero-order chi connectivity index (χ0) is 17.6. The maximum atomic E-state index is 11.9. The number of carbonyl (C=O) groups excluding carboxylic acids is 1. The minimum Gasteiger partial charge on any atom is -0.497 e. The number of hydrogen-bond acceptors (Lipinski definition) is 4. The Kier molecular flexibility index (Phi) is 4.99. The number of hydrazone groups is 1. The van der Waals surface area contributed by atoms with E-state index >= 15 is 0 Å². The third kappa shape index (κ3) is 3.98. The van der Waals surface area contributed by atoms with E-state index in [4.69, 9.17) is 4.74 Å². The topological polar surface area (TPSA) is 78.5 Å². The quantitative estimate of drug-likeness (QED) is 0.478. The average Bonchev–Trinajstić information content (AvgIpc) is 2.96. The van der Waals surface area contributed by atoms with Crippen LogP contribution in [0, 0.1) is 6.92 Å². The molecule has 0 atom stereocenters. The van der Waals surface area contributed by atoms with Gasteiger partial charge in [0.15, 0.2) is 0 Å². The van der Waals surface area contributed by atoms with Crippen molar-refractivity contribution in [3.8, 4) is 5.75 Å². The summed E-state index contributed by atoms with van der Waals surface area (Å²) < 4.78 is 5.09. The number of H-pyrrole nitrogens is 1. The second kappa shape index (κ2) is 7.53. The lowest BCUT2D eigenvalue weighted by molar-refractivity contribution is -0.119. The first kappa shape index (κ1) is 16.6. The number of para-hydroxylation sites is 1. The molecule has 0 spiro atoms. The molecule has 1 aromatic heterocycles. The number of nitrogens with zero attached hydrogens (tertiary/aromatic N) is 1. The van der Waals surface area contributed by atoms with Gasteiger partial charge in [-0.3, -0.25) is 4.79 Å². The number of aromatic nitrogens is 1. The van der Waals surface area contributed by atoms with Crippen molar-refractivity contribution in [1.29, 1.82) is 0 Å². The van der Waals surface area contributed by atoms with Crippen LogP contribution in [0.1, 0.15) is 11.3 Å². The Morgan fingerprint density at radius 1 is 1.20 bits per heavy atom. The predicted octanol–water partition coefficient (Wildman–Crippen LogP) is 3.05. The van der Waals surface area contributed by atoms with Crippen molar-refractivity contribution < 1.29 is 9.53 Å². The molecule has 0 radical (unpaired) electrons. The zero-order valence-corrected chi connectivity index (χ0v) is 14.2. The highest BCUT2D eigenvalue weighted by Gasteiger charge is 2.05. The molecular weight excluding hydrogens is 316 g/mol. The third-order valence-corrected chi connectivity index (χ3v) is 3.87. The fourth-order valence-electron chi connectivity index (χ4n) is 2.56. The molecule has 25 heavy (non-hydrogen) atoms. The lowest BCUT2D eigenvalue weighted by Gasteiger charge is -2.06. The highest BCUT2D eigenvalue weighted by molar-refractivity contribution is 6.00. The van der Waals surface area contributed by atoms with Crippen LogP contribution >= 0.6 is 0 Å². The molecule has 6 heteroatoms. The smallest absolute Gasteiger partial charge is 0.259 e. The second-order valence-corrected chi connectivity index (χ2v) is 5.58. The number of amides is 1. The minimum absolute atomic E-state index is 0.135. The summed E-state index contributed by atoms with van der Waals surface area (Å²) in [6.45, 7) is 2.12. The Hall–Kier alpha value is -3.28. The second-order valence-electron chi connectivity index (χ2n) is 5.58. The molecule has 0 aliphatic heterocycles. The van der Waals surface area contributed by atoms with E-state index < -0.39 is 0 Å². The van der Waals surface area contributed by atoms with Gasteiger partial charge in [0.25, 0.3) is 5.91 Å². The van der Waals surface area contributed by atoms with E-state index in [9.17, 15) is 4.79 Å². The number of ether oxygens (including phenoxy) is 1. The summed E-state index contributed by atoms with van der Waals surface area (Å²) in [7, 11) is 1.61. The highest BCUT2D eigenvalue weighted by atomic mass is 16.5. The van der Waals surface area contributed by atoms with Crippen LogP contribution in [0.25, 0.3) is 10.9 Å². The molecule has 0 fully saturated rings. The van der Waals surface area contributed by atoms with Gasteiger partial charge in [-0.05, 0) is 37.3 Å². The van der Waals surface area contributed by atoms with Crippen molar-refractivity contribution in [2.45, 2.75) is 6.92 Å². The Balaban J connectivity index is 1.56. The van der Waals surface area contributed by atoms with Crippen LogP contribution in [0.5, 0.6) is 5.75 Å². The summed E-state index contributed by atoms with van der Waals surface area (Å²) >= 11 is 0. The van der Waals surface area contributed by atoms with Crippen LogP contribution in [0.15, 0.2) is 53.6 Å². The number of hydrogen-bond donors (Lipinski definition) is 3. The molecule has 0 saturated carbocycles. The van der Waals surface area contributed by atoms with Crippen molar-refractivity contribution in [2.24, 2.45) is 5.10 Å². The Morgan fingerprint density at radius 3 is 2.72 bits per heavy atom. The van der Waals surface area contributed by atoms with Gasteiger partial charge in [0, 0.05) is 27.8 Å². The molecule has 3 N–H and O–H groups in total. The fourth-order valence-corrected chi connectivity index (χ4v) is 2.56. The van der Waals surface area contributed by atoms with Gasteiger partial charge >= 0.3 is 0 Å². The van der Waals surface area contributed by atoms with Crippen LogP contribution in [0.4, 0.5) is 5.69 Å². The van der Waals surface area contributed by atoms with Crippen LogP contribution in [-0.2, 0) is 4.79 Å². The Labute approximate surface area is 145 Å². The molecule has 0 saturated heterocycles. The van der Waals surface area contributed by atoms with Crippen LogP contribution in [0.3, 0.4) is 0 Å². The Morgan fingerprint density at radius 2 is 1.96 bits per heavy atom. The van der Waals surface area contributed by atoms with Crippen LogP contribution in [-0.4, -0.2) is 30.8 Å². The van der Waals surface area contributed by atoms with E-state index in [-0.39, 0.29) is 12.5 Å². The molecule has 3 rings (SSSR count). The summed E-state index contributed by atoms with van der Waals surface area (Å²) in [5, 5.41) is 8.17. The van der Waals surface area contributed by atoms with Gasteiger partial charge in [-0.1, -0.05) is 18.2 Å². The lowest BCUT2D eigenvalue weighted by Crippen LogP contribution is -2.25. The highest BCUT2D eigenvalue weighted by Crippen LogP contribution is 2.19. The molecule has 0 aliphatic carbocycles. The third-order valence-electron chi connectivity index (χ3n) is 3.87. The van der Waals surface area contributed by atoms with E-state index in [0.29, 0.717) is 0 Å². The normalized spacial score (nSPS) is 11.0. The fraction of sp³-hybridized carbons (Fsp3) is 0.158. The maximum absolute atomic E-state index is 11.9. The molecule has 1 amide bonds. The van der Waals surface area contributed by atoms with Gasteiger partial charge in [-0.2, -0.15) is 5.10 Å². The van der Waals surface area contributed by atoms with Crippen LogP contribution in [0.2, 0.25) is 0 Å². The lowest BCUT2D eigenvalue weighted by atomic mass is 10.1. The van der Waals surface area contributed by atoms with Gasteiger partial charge in [0.1, 0.15) is 5.75 Å². The molecular formula is C19H20N4O2. The van der Waals surface area contributed by atoms with Crippen molar-refractivity contribution in [1.82, 2.24) is 10.4 Å². The van der Waals surface area contributed by atoms with Crippen LogP contribution < -0.4 is 15.5 Å². The van der Waals surface area contributed by atoms with Gasteiger partial charge in [0.05, 0.1) is 19.9 Å². The van der Waals surface area contributed by atoms with Gasteiger partial charge in [0.2, 0.25) is 0 Å². The first-order chi connectivity index (χ1) is 12.2. The predicted molar refractivity (Wildman–Crippen MR) is 100 cm³/mol. The van der Waals surface area contributed by atoms with E-state index in [1.807, 2.05) is 55.5 Å². The largest absolute Gasteiger partial charge is 0.497 e. The minimum atomic E-state index is -0.218. The maximum Gasteiger partial charge on any atom is 0.259 e. The van der Waals surface area contributed by atoms with Crippen molar-refractivity contribution >= 4 is 28.7 Å². The molecule has 0 unspecified atom stereocenters. The molecule has 3 aromatic rings. The van der Waals surface area contributed by atoms with E-state index in [0.717, 1.165) is 33.6 Å². The van der Waals surface area contributed by atoms with E-state index in [1.54, 1.807) is 13.3 Å². The van der Waals surface area contributed by atoms with Crippen molar-refractivity contribution in [3.05, 3.63) is 59.8 Å². The zero-order valence-electron chi connectivity index (χ0n) is 14.2. The summed E-state index contributed by atoms with van der Waals surface area (Å²) in [5.41, 5.74) is 6.41. The number of benzene rings is 2. The van der Waals surface area contributed by atoms with Crippen molar-refractivity contribution in [2.75, 3.05) is 19.0 Å². The average molecular weight is 336 g/mol. The number of anilines is 1. The molecule has 0 bridgehead atoms. The SMILES string of the molecule is COc1ccc(NCC(=O)NN=Cc2c(C)[nH]c3ccccc23)cc1. The number of fused-ring (bicyclic) bond motifs is 1. The molecule has 128 valence electrons. The first-order valence-corrected chi connectivity index (χ1v) is 7.94.